The average molecular weight is 465 g/mol. The van der Waals surface area contributed by atoms with E-state index in [1.54, 1.807) is 24.8 Å². The molecular weight excluding hydrogens is 436 g/mol. The summed E-state index contributed by atoms with van der Waals surface area (Å²) in [6.07, 6.45) is 7.30. The van der Waals surface area contributed by atoms with E-state index in [4.69, 9.17) is 0 Å². The number of imidazole rings is 1. The van der Waals surface area contributed by atoms with Crippen LogP contribution < -0.4 is 10.6 Å². The van der Waals surface area contributed by atoms with Crippen molar-refractivity contribution in [3.63, 3.8) is 0 Å². The molecule has 0 amide bonds. The molecule has 9 nitrogen and oxygen atoms in total. The first-order chi connectivity index (χ1) is 15.7. The summed E-state index contributed by atoms with van der Waals surface area (Å²) in [7, 11) is 3.73. The van der Waals surface area contributed by atoms with E-state index in [9.17, 15) is 4.79 Å². The third kappa shape index (κ3) is 4.85. The summed E-state index contributed by atoms with van der Waals surface area (Å²) in [6, 6.07) is 1.80. The van der Waals surface area contributed by atoms with E-state index < -0.39 is 0 Å². The Morgan fingerprint density at radius 1 is 1.15 bits per heavy atom. The van der Waals surface area contributed by atoms with Crippen molar-refractivity contribution < 1.29 is 4.79 Å². The highest BCUT2D eigenvalue weighted by Gasteiger charge is 2.20. The summed E-state index contributed by atoms with van der Waals surface area (Å²) in [5.41, 5.74) is 2.74. The van der Waals surface area contributed by atoms with Gasteiger partial charge in [0.2, 0.25) is 0 Å². The number of nitrogens with zero attached hydrogens (tertiary/aromatic N) is 6. The molecule has 0 bridgehead atoms. The van der Waals surface area contributed by atoms with Crippen molar-refractivity contribution in [1.29, 1.82) is 0 Å². The third-order valence-corrected chi connectivity index (χ3v) is 6.48. The fourth-order valence-electron chi connectivity index (χ4n) is 3.38. The first kappa shape index (κ1) is 22.8. The van der Waals surface area contributed by atoms with Crippen LogP contribution in [0.15, 0.2) is 31.0 Å². The number of ketones is 1. The van der Waals surface area contributed by atoms with Gasteiger partial charge in [-0.25, -0.2) is 19.9 Å². The van der Waals surface area contributed by atoms with Gasteiger partial charge in [0.1, 0.15) is 22.7 Å². The molecule has 4 aromatic heterocycles. The number of carbonyl (C=O) groups excluding carboxylic acids is 1. The molecule has 4 aromatic rings. The molecule has 4 rings (SSSR count). The molecule has 10 heteroatoms. The molecule has 1 unspecified atom stereocenters. The van der Waals surface area contributed by atoms with Crippen LogP contribution in [0, 0.1) is 0 Å². The maximum atomic E-state index is 12.9. The number of pyridine rings is 1. The molecular formula is C23H28N8OS. The minimum absolute atomic E-state index is 0.00264. The van der Waals surface area contributed by atoms with E-state index >= 15 is 0 Å². The van der Waals surface area contributed by atoms with Gasteiger partial charge >= 0.3 is 0 Å². The van der Waals surface area contributed by atoms with Crippen LogP contribution in [0.1, 0.15) is 61.2 Å². The molecule has 172 valence electrons. The van der Waals surface area contributed by atoms with E-state index in [1.165, 1.54) is 11.3 Å². The lowest BCUT2D eigenvalue weighted by molar-refractivity contribution is 0.0971. The largest absolute Gasteiger partial charge is 0.371 e. The lowest BCUT2D eigenvalue weighted by Crippen LogP contribution is -2.17. The number of rotatable bonds is 7. The van der Waals surface area contributed by atoms with Gasteiger partial charge < -0.3 is 15.2 Å². The zero-order valence-electron chi connectivity index (χ0n) is 19.7. The van der Waals surface area contributed by atoms with Gasteiger partial charge in [0.05, 0.1) is 24.2 Å². The number of hydrogen-bond donors (Lipinski definition) is 2. The predicted molar refractivity (Wildman–Crippen MR) is 132 cm³/mol. The van der Waals surface area contributed by atoms with E-state index in [0.29, 0.717) is 17.9 Å². The average Bonchev–Trinajstić information content (AvgIpc) is 3.40. The van der Waals surface area contributed by atoms with Gasteiger partial charge in [-0.15, -0.1) is 11.3 Å². The van der Waals surface area contributed by atoms with E-state index in [1.807, 2.05) is 31.8 Å². The Morgan fingerprint density at radius 3 is 2.67 bits per heavy atom. The maximum Gasteiger partial charge on any atom is 0.187 e. The van der Waals surface area contributed by atoms with Crippen molar-refractivity contribution in [2.45, 2.75) is 45.4 Å². The molecule has 1 atom stereocenters. The maximum absolute atomic E-state index is 12.9. The summed E-state index contributed by atoms with van der Waals surface area (Å²) < 4.78 is 1.88. The Hall–Kier alpha value is -3.40. The van der Waals surface area contributed by atoms with E-state index in [-0.39, 0.29) is 17.1 Å². The normalized spacial score (nSPS) is 12.7. The molecule has 33 heavy (non-hydrogen) atoms. The van der Waals surface area contributed by atoms with Gasteiger partial charge in [-0.2, -0.15) is 0 Å². The lowest BCUT2D eigenvalue weighted by Gasteiger charge is -2.18. The predicted octanol–water partition coefficient (Wildman–Crippen LogP) is 4.67. The Labute approximate surface area is 196 Å². The zero-order valence-corrected chi connectivity index (χ0v) is 20.5. The SMILES string of the molecule is CNc1nc(C(C)(C)C)ncc1Nc1ncc(C(C)CC(=O)c2cc3c(cn2)ncn3C)s1. The second-order valence-electron chi connectivity index (χ2n) is 9.09. The minimum atomic E-state index is -0.142. The van der Waals surface area contributed by atoms with Crippen LogP contribution in [0.25, 0.3) is 11.0 Å². The van der Waals surface area contributed by atoms with Crippen molar-refractivity contribution in [2.24, 2.45) is 7.05 Å². The topological polar surface area (TPSA) is 111 Å². The number of carbonyl (C=O) groups is 1. The van der Waals surface area contributed by atoms with Gasteiger partial charge in [-0.05, 0) is 12.0 Å². The Balaban J connectivity index is 1.46. The van der Waals surface area contributed by atoms with Gasteiger partial charge in [-0.3, -0.25) is 9.78 Å². The quantitative estimate of drug-likeness (QED) is 0.380. The van der Waals surface area contributed by atoms with Crippen molar-refractivity contribution in [2.75, 3.05) is 17.7 Å². The van der Waals surface area contributed by atoms with Gasteiger partial charge in [0.25, 0.3) is 0 Å². The van der Waals surface area contributed by atoms with Gasteiger partial charge in [-0.1, -0.05) is 27.7 Å². The van der Waals surface area contributed by atoms with Crippen LogP contribution in [0.5, 0.6) is 0 Å². The summed E-state index contributed by atoms with van der Waals surface area (Å²) in [5, 5.41) is 7.15. The number of aromatic nitrogens is 6. The number of fused-ring (bicyclic) bond motifs is 1. The second kappa shape index (κ2) is 8.86. The Morgan fingerprint density at radius 2 is 1.94 bits per heavy atom. The van der Waals surface area contributed by atoms with E-state index in [2.05, 4.69) is 56.3 Å². The summed E-state index contributed by atoms with van der Waals surface area (Å²) in [5.74, 6) is 1.49. The third-order valence-electron chi connectivity index (χ3n) is 5.34. The number of nitrogens with one attached hydrogen (secondary N) is 2. The van der Waals surface area contributed by atoms with Crippen LogP contribution in [-0.4, -0.2) is 42.3 Å². The zero-order chi connectivity index (χ0) is 23.8. The lowest BCUT2D eigenvalue weighted by atomic mass is 9.96. The number of Topliss-reactive ketones (excluding diaryl/α,β-unsaturated/α-hetero) is 1. The van der Waals surface area contributed by atoms with Crippen LogP contribution in [-0.2, 0) is 12.5 Å². The fraction of sp³-hybridized carbons (Fsp3) is 0.391. The van der Waals surface area contributed by atoms with Crippen LogP contribution >= 0.6 is 11.3 Å². The minimum Gasteiger partial charge on any atom is -0.371 e. The highest BCUT2D eigenvalue weighted by molar-refractivity contribution is 7.15. The first-order valence-electron chi connectivity index (χ1n) is 10.7. The molecule has 4 heterocycles. The van der Waals surface area contributed by atoms with Crippen LogP contribution in [0.2, 0.25) is 0 Å². The second-order valence-corrected chi connectivity index (χ2v) is 10.2. The molecule has 0 saturated carbocycles. The molecule has 0 aliphatic heterocycles. The Bertz CT molecular complexity index is 1300. The van der Waals surface area contributed by atoms with Crippen LogP contribution in [0.3, 0.4) is 0 Å². The summed E-state index contributed by atoms with van der Waals surface area (Å²) >= 11 is 1.52. The van der Waals surface area contributed by atoms with E-state index in [0.717, 1.165) is 32.6 Å². The highest BCUT2D eigenvalue weighted by atomic mass is 32.1. The van der Waals surface area contributed by atoms with Crippen molar-refractivity contribution in [3.8, 4) is 0 Å². The number of anilines is 3. The van der Waals surface area contributed by atoms with Crippen molar-refractivity contribution >= 4 is 44.8 Å². The number of hydrogen-bond acceptors (Lipinski definition) is 9. The van der Waals surface area contributed by atoms with Crippen LogP contribution in [0.4, 0.5) is 16.6 Å². The highest BCUT2D eigenvalue weighted by Crippen LogP contribution is 2.32. The molecule has 0 aliphatic rings. The fourth-order valence-corrected chi connectivity index (χ4v) is 4.26. The van der Waals surface area contributed by atoms with Crippen molar-refractivity contribution in [1.82, 2.24) is 29.5 Å². The van der Waals surface area contributed by atoms with Crippen molar-refractivity contribution in [3.05, 3.63) is 47.4 Å². The number of aryl methyl sites for hydroxylation is 1. The molecule has 0 aromatic carbocycles. The molecule has 0 fully saturated rings. The first-order valence-corrected chi connectivity index (χ1v) is 11.6. The molecule has 0 saturated heterocycles. The Kier molecular flexibility index (Phi) is 6.11. The molecule has 2 N–H and O–H groups in total. The van der Waals surface area contributed by atoms with Gasteiger partial charge in [0.15, 0.2) is 16.7 Å². The molecule has 0 radical (unpaired) electrons. The standard InChI is InChI=1S/C23H28N8OS/c1-13(7-18(32)14-8-17-15(9-25-14)28-12-31(17)6)19-11-27-22(33-19)29-16-10-26-21(23(2,3)4)30-20(16)24-5/h8-13H,7H2,1-6H3,(H,27,29)(H,24,26,30). The smallest absolute Gasteiger partial charge is 0.187 e. The number of thiazole rings is 1. The summed E-state index contributed by atoms with van der Waals surface area (Å²) in [6.45, 7) is 8.26. The molecule has 0 aliphatic carbocycles. The summed E-state index contributed by atoms with van der Waals surface area (Å²) in [4.78, 5) is 36.0. The monoisotopic (exact) mass is 464 g/mol. The van der Waals surface area contributed by atoms with Gasteiger partial charge in [0, 0.05) is 37.0 Å². The molecule has 0 spiro atoms.